The molecule has 5 heteroatoms. The first-order valence-electron chi connectivity index (χ1n) is 9.37. The predicted molar refractivity (Wildman–Crippen MR) is 97.0 cm³/mol. The van der Waals surface area contributed by atoms with Crippen molar-refractivity contribution in [2.24, 2.45) is 5.92 Å². The van der Waals surface area contributed by atoms with Gasteiger partial charge in [0.1, 0.15) is 0 Å². The zero-order chi connectivity index (χ0) is 17.6. The molecule has 134 valence electrons. The second-order valence-electron chi connectivity index (χ2n) is 6.93. The molecule has 1 atom stereocenters. The van der Waals surface area contributed by atoms with E-state index in [-0.39, 0.29) is 23.8 Å². The van der Waals surface area contributed by atoms with Crippen molar-refractivity contribution in [1.29, 1.82) is 0 Å². The Hall–Kier alpha value is -2.17. The number of carbonyl (C=O) groups excluding carboxylic acids is 2. The van der Waals surface area contributed by atoms with Crippen molar-refractivity contribution in [1.82, 2.24) is 14.8 Å². The van der Waals surface area contributed by atoms with E-state index in [1.54, 1.807) is 24.5 Å². The standard InChI is InChI=1S/C20H27N3O2/c1-2-3-5-18-6-4-13-23(18)20(25)17-9-14-22(15-10-17)19(24)16-7-11-21-12-8-16/h4,6-8,11-12,17-18H,2-3,5,9-10,13-15H2,1H3. The van der Waals surface area contributed by atoms with Gasteiger partial charge < -0.3 is 9.80 Å². The lowest BCUT2D eigenvalue weighted by atomic mass is 9.94. The number of rotatable bonds is 5. The van der Waals surface area contributed by atoms with Crippen molar-refractivity contribution >= 4 is 11.8 Å². The van der Waals surface area contributed by atoms with Gasteiger partial charge in [-0.2, -0.15) is 0 Å². The fraction of sp³-hybridized carbons (Fsp3) is 0.550. The molecule has 0 spiro atoms. The first-order valence-corrected chi connectivity index (χ1v) is 9.37. The Kier molecular flexibility index (Phi) is 5.84. The third kappa shape index (κ3) is 4.09. The Morgan fingerprint density at radius 2 is 1.92 bits per heavy atom. The van der Waals surface area contributed by atoms with Crippen LogP contribution in [0.4, 0.5) is 0 Å². The third-order valence-electron chi connectivity index (χ3n) is 5.26. The van der Waals surface area contributed by atoms with Gasteiger partial charge in [0, 0.05) is 43.5 Å². The molecule has 0 saturated carbocycles. The zero-order valence-electron chi connectivity index (χ0n) is 14.9. The van der Waals surface area contributed by atoms with Gasteiger partial charge in [-0.05, 0) is 31.4 Å². The summed E-state index contributed by atoms with van der Waals surface area (Å²) in [5.41, 5.74) is 0.670. The number of hydrogen-bond donors (Lipinski definition) is 0. The molecule has 1 aromatic heterocycles. The molecule has 1 fully saturated rings. The van der Waals surface area contributed by atoms with Crippen LogP contribution in [0.1, 0.15) is 49.4 Å². The second-order valence-corrected chi connectivity index (χ2v) is 6.93. The van der Waals surface area contributed by atoms with Gasteiger partial charge in [-0.15, -0.1) is 0 Å². The van der Waals surface area contributed by atoms with E-state index < -0.39 is 0 Å². The quantitative estimate of drug-likeness (QED) is 0.774. The van der Waals surface area contributed by atoms with Crippen LogP contribution < -0.4 is 0 Å². The number of nitrogens with zero attached hydrogens (tertiary/aromatic N) is 3. The lowest BCUT2D eigenvalue weighted by molar-refractivity contribution is -0.137. The summed E-state index contributed by atoms with van der Waals surface area (Å²) in [4.78, 5) is 33.2. The zero-order valence-corrected chi connectivity index (χ0v) is 14.9. The van der Waals surface area contributed by atoms with Crippen molar-refractivity contribution in [2.45, 2.75) is 45.1 Å². The number of hydrogen-bond acceptors (Lipinski definition) is 3. The smallest absolute Gasteiger partial charge is 0.253 e. The summed E-state index contributed by atoms with van der Waals surface area (Å²) < 4.78 is 0. The molecule has 1 aromatic rings. The minimum absolute atomic E-state index is 0.0389. The number of amides is 2. The van der Waals surface area contributed by atoms with Crippen LogP contribution in [0.2, 0.25) is 0 Å². The molecule has 2 aliphatic rings. The molecule has 0 radical (unpaired) electrons. The van der Waals surface area contributed by atoms with Crippen LogP contribution in [0.3, 0.4) is 0 Å². The fourth-order valence-electron chi connectivity index (χ4n) is 3.73. The van der Waals surface area contributed by atoms with E-state index in [0.717, 1.165) is 38.6 Å². The van der Waals surface area contributed by atoms with Crippen LogP contribution in [-0.2, 0) is 4.79 Å². The van der Waals surface area contributed by atoms with E-state index in [1.165, 1.54) is 0 Å². The van der Waals surface area contributed by atoms with Crippen LogP contribution in [-0.4, -0.2) is 52.3 Å². The molecule has 0 bridgehead atoms. The average molecular weight is 341 g/mol. The summed E-state index contributed by atoms with van der Waals surface area (Å²) in [5, 5.41) is 0. The van der Waals surface area contributed by atoms with Gasteiger partial charge in [0.2, 0.25) is 5.91 Å². The summed E-state index contributed by atoms with van der Waals surface area (Å²) in [6, 6.07) is 3.76. The molecular weight excluding hydrogens is 314 g/mol. The monoisotopic (exact) mass is 341 g/mol. The number of unbranched alkanes of at least 4 members (excludes halogenated alkanes) is 1. The molecule has 0 aliphatic carbocycles. The molecular formula is C20H27N3O2. The van der Waals surface area contributed by atoms with Crippen molar-refractivity contribution < 1.29 is 9.59 Å². The lowest BCUT2D eigenvalue weighted by Crippen LogP contribution is -2.46. The van der Waals surface area contributed by atoms with Gasteiger partial charge in [0.05, 0.1) is 6.04 Å². The third-order valence-corrected chi connectivity index (χ3v) is 5.26. The Morgan fingerprint density at radius 3 is 2.60 bits per heavy atom. The Morgan fingerprint density at radius 1 is 1.20 bits per heavy atom. The van der Waals surface area contributed by atoms with Gasteiger partial charge in [0.15, 0.2) is 0 Å². The van der Waals surface area contributed by atoms with Crippen LogP contribution in [0, 0.1) is 5.92 Å². The van der Waals surface area contributed by atoms with Gasteiger partial charge in [-0.25, -0.2) is 0 Å². The molecule has 3 rings (SSSR count). The number of likely N-dealkylation sites (tertiary alicyclic amines) is 1. The van der Waals surface area contributed by atoms with E-state index >= 15 is 0 Å². The first kappa shape index (κ1) is 17.6. The highest BCUT2D eigenvalue weighted by Gasteiger charge is 2.33. The molecule has 5 nitrogen and oxygen atoms in total. The fourth-order valence-corrected chi connectivity index (χ4v) is 3.73. The largest absolute Gasteiger partial charge is 0.339 e. The highest BCUT2D eigenvalue weighted by atomic mass is 16.2. The Bertz CT molecular complexity index is 621. The van der Waals surface area contributed by atoms with E-state index in [2.05, 4.69) is 24.1 Å². The van der Waals surface area contributed by atoms with E-state index in [4.69, 9.17) is 0 Å². The molecule has 0 N–H and O–H groups in total. The summed E-state index contributed by atoms with van der Waals surface area (Å²) >= 11 is 0. The normalized spacial score (nSPS) is 20.9. The maximum atomic E-state index is 12.9. The highest BCUT2D eigenvalue weighted by Crippen LogP contribution is 2.25. The van der Waals surface area contributed by atoms with Gasteiger partial charge in [-0.3, -0.25) is 14.6 Å². The van der Waals surface area contributed by atoms with Crippen LogP contribution in [0.15, 0.2) is 36.7 Å². The van der Waals surface area contributed by atoms with Crippen LogP contribution in [0.5, 0.6) is 0 Å². The van der Waals surface area contributed by atoms with E-state index in [9.17, 15) is 9.59 Å². The lowest BCUT2D eigenvalue weighted by Gasteiger charge is -2.35. The molecule has 2 aliphatic heterocycles. The first-order chi connectivity index (χ1) is 12.2. The molecule has 25 heavy (non-hydrogen) atoms. The van der Waals surface area contributed by atoms with Crippen molar-refractivity contribution in [2.75, 3.05) is 19.6 Å². The predicted octanol–water partition coefficient (Wildman–Crippen LogP) is 2.89. The van der Waals surface area contributed by atoms with Crippen LogP contribution >= 0.6 is 0 Å². The minimum atomic E-state index is 0.0389. The van der Waals surface area contributed by atoms with Gasteiger partial charge in [-0.1, -0.05) is 31.9 Å². The van der Waals surface area contributed by atoms with E-state index in [0.29, 0.717) is 18.7 Å². The Labute approximate surface area is 149 Å². The number of aromatic nitrogens is 1. The number of piperidine rings is 1. The molecule has 2 amide bonds. The van der Waals surface area contributed by atoms with Gasteiger partial charge in [0.25, 0.3) is 5.91 Å². The van der Waals surface area contributed by atoms with E-state index in [1.807, 2.05) is 9.80 Å². The molecule has 1 unspecified atom stereocenters. The van der Waals surface area contributed by atoms with Crippen molar-refractivity contribution in [3.05, 3.63) is 42.2 Å². The SMILES string of the molecule is CCCCC1C=CCN1C(=O)C1CCN(C(=O)c2ccncc2)CC1. The molecule has 0 aromatic carbocycles. The summed E-state index contributed by atoms with van der Waals surface area (Å²) in [6.07, 6.45) is 12.4. The van der Waals surface area contributed by atoms with Crippen molar-refractivity contribution in [3.8, 4) is 0 Å². The Balaban J connectivity index is 1.53. The summed E-state index contributed by atoms with van der Waals surface area (Å²) in [7, 11) is 0. The van der Waals surface area contributed by atoms with Crippen LogP contribution in [0.25, 0.3) is 0 Å². The topological polar surface area (TPSA) is 53.5 Å². The molecule has 3 heterocycles. The second kappa shape index (κ2) is 8.28. The average Bonchev–Trinajstić information content (AvgIpc) is 3.14. The van der Waals surface area contributed by atoms with Crippen molar-refractivity contribution in [3.63, 3.8) is 0 Å². The van der Waals surface area contributed by atoms with Gasteiger partial charge >= 0.3 is 0 Å². The number of pyridine rings is 1. The minimum Gasteiger partial charge on any atom is -0.339 e. The maximum absolute atomic E-state index is 12.9. The molecule has 1 saturated heterocycles. The summed E-state index contributed by atoms with van der Waals surface area (Å²) in [6.45, 7) is 4.22. The number of carbonyl (C=O) groups is 2. The summed E-state index contributed by atoms with van der Waals surface area (Å²) in [5.74, 6) is 0.351. The maximum Gasteiger partial charge on any atom is 0.253 e. The highest BCUT2D eigenvalue weighted by molar-refractivity contribution is 5.94.